The van der Waals surface area contributed by atoms with Crippen molar-refractivity contribution in [2.45, 2.75) is 110 Å². The van der Waals surface area contributed by atoms with Crippen LogP contribution in [-0.4, -0.2) is 11.4 Å². The number of carboxylic acids is 1. The van der Waals surface area contributed by atoms with Crippen molar-refractivity contribution >= 4 is 5.97 Å². The molecule has 0 aromatic carbocycles. The normalized spacial score (nSPS) is 9.43. The van der Waals surface area contributed by atoms with Crippen LogP contribution in [0, 0.1) is 0 Å². The van der Waals surface area contributed by atoms with Crippen molar-refractivity contribution in [2.75, 3.05) is 0 Å². The topological polar surface area (TPSA) is 70.1 Å². The van der Waals surface area contributed by atoms with Crippen molar-refractivity contribution in [3.8, 4) is 0 Å². The maximum absolute atomic E-state index is 10.2. The van der Waals surface area contributed by atoms with Gasteiger partial charge in [0.2, 0.25) is 0 Å². The average Bonchev–Trinajstić information content (AvgIpc) is 2.43. The van der Waals surface area contributed by atoms with Gasteiger partial charge in [0.25, 0.3) is 0 Å². The molecule has 0 rings (SSSR count). The van der Waals surface area contributed by atoms with Crippen LogP contribution in [0.5, 0.6) is 0 Å². The summed E-state index contributed by atoms with van der Waals surface area (Å²) in [4.78, 5) is 10.2. The second-order valence-corrected chi connectivity index (χ2v) is 6.07. The third kappa shape index (κ3) is 31.7. The molecule has 0 aliphatic rings. The van der Waals surface area contributed by atoms with E-state index in [1.807, 2.05) is 0 Å². The van der Waals surface area contributed by atoms with E-state index in [4.69, 9.17) is 0 Å². The van der Waals surface area contributed by atoms with Crippen molar-refractivity contribution in [2.24, 2.45) is 0 Å². The molecule has 0 aromatic heterocycles. The van der Waals surface area contributed by atoms with Gasteiger partial charge in [0.15, 0.2) is 0 Å². The molecule has 0 aliphatic heterocycles. The second-order valence-electron chi connectivity index (χ2n) is 6.07. The summed E-state index contributed by atoms with van der Waals surface area (Å²) >= 11 is 0. The van der Waals surface area contributed by atoms with Crippen LogP contribution in [0.4, 0.5) is 0 Å². The number of carbonyl (C=O) groups excluding carboxylic acids is 1. The summed E-state index contributed by atoms with van der Waals surface area (Å²) in [6.45, 7) is 2.27. The Morgan fingerprint density at radius 1 is 0.609 bits per heavy atom. The molecule has 0 bridgehead atoms. The van der Waals surface area contributed by atoms with E-state index in [1.165, 1.54) is 83.5 Å². The molecule has 0 heterocycles. The van der Waals surface area contributed by atoms with Crippen LogP contribution in [-0.2, 0) is 4.79 Å². The number of hydrogen-bond donors (Lipinski definition) is 0. The third-order valence-corrected chi connectivity index (χ3v) is 3.98. The van der Waals surface area contributed by atoms with Gasteiger partial charge in [0.05, 0.1) is 0 Å². The van der Waals surface area contributed by atoms with Crippen LogP contribution in [0.1, 0.15) is 110 Å². The van der Waals surface area contributed by atoms with Crippen LogP contribution in [0.2, 0.25) is 0 Å². The Hall–Kier alpha value is 1.43. The fourth-order valence-corrected chi connectivity index (χ4v) is 2.64. The molecule has 128 valence electrons. The predicted octanol–water partition coefficient (Wildman–Crippen LogP) is -1.17. The van der Waals surface area contributed by atoms with E-state index in [9.17, 15) is 9.90 Å². The third-order valence-electron chi connectivity index (χ3n) is 3.98. The summed E-state index contributed by atoms with van der Waals surface area (Å²) in [7, 11) is 0. The quantitative estimate of drug-likeness (QED) is 0.261. The van der Waals surface area contributed by atoms with Gasteiger partial charge in [-0.1, -0.05) is 96.8 Å². The van der Waals surface area contributed by atoms with Crippen LogP contribution >= 0.6 is 0 Å². The maximum atomic E-state index is 10.2. The Kier molecular flexibility index (Phi) is 39.5. The molecule has 0 radical (unpaired) electrons. The van der Waals surface area contributed by atoms with Crippen molar-refractivity contribution in [1.29, 1.82) is 0 Å². The van der Waals surface area contributed by atoms with E-state index in [0.29, 0.717) is 0 Å². The summed E-state index contributed by atoms with van der Waals surface area (Å²) < 4.78 is 0. The maximum Gasteiger partial charge on any atom is 1.00 e. The molecule has 0 fully saturated rings. The summed E-state index contributed by atoms with van der Waals surface area (Å²) in [5.74, 6) is -0.903. The van der Waals surface area contributed by atoms with Gasteiger partial charge in [0.1, 0.15) is 0 Å². The molecule has 0 aliphatic carbocycles. The number of carboxylic acid groups (broad SMARTS) is 1. The Bertz CT molecular complexity index is 214. The van der Waals surface area contributed by atoms with Gasteiger partial charge in [0, 0.05) is 5.97 Å². The number of unbranched alkanes of at least 4 members (excludes halogenated alkanes) is 14. The van der Waals surface area contributed by atoms with Gasteiger partial charge in [-0.2, -0.15) is 0 Å². The minimum Gasteiger partial charge on any atom is -0.870 e. The second kappa shape index (κ2) is 28.2. The molecular weight excluding hydrogens is 310 g/mol. The Morgan fingerprint density at radius 3 is 1.13 bits per heavy atom. The summed E-state index contributed by atoms with van der Waals surface area (Å²) in [6, 6.07) is 0. The minimum absolute atomic E-state index is 0. The number of aliphatic carboxylic acids is 1. The van der Waals surface area contributed by atoms with Gasteiger partial charge in [-0.25, -0.2) is 0 Å². The van der Waals surface area contributed by atoms with Crippen molar-refractivity contribution in [1.82, 2.24) is 0 Å². The van der Waals surface area contributed by atoms with E-state index in [-0.39, 0.29) is 71.0 Å². The molecular formula is C18H36Na2O3. The number of hydrogen-bond acceptors (Lipinski definition) is 3. The molecule has 0 saturated carbocycles. The largest absolute Gasteiger partial charge is 1.00 e. The van der Waals surface area contributed by atoms with Crippen molar-refractivity contribution < 1.29 is 74.5 Å². The van der Waals surface area contributed by atoms with E-state index in [0.717, 1.165) is 12.8 Å². The zero-order valence-corrected chi connectivity index (χ0v) is 20.1. The zero-order valence-electron chi connectivity index (χ0n) is 16.1. The Balaban J connectivity index is -0.000000602. The molecule has 0 aromatic rings. The smallest absolute Gasteiger partial charge is 0.870 e. The fourth-order valence-electron chi connectivity index (χ4n) is 2.64. The van der Waals surface area contributed by atoms with E-state index in [1.54, 1.807) is 0 Å². The molecule has 0 spiro atoms. The van der Waals surface area contributed by atoms with Crippen molar-refractivity contribution in [3.05, 3.63) is 0 Å². The van der Waals surface area contributed by atoms with Crippen LogP contribution < -0.4 is 64.2 Å². The SMILES string of the molecule is CCCCCCCCCCCCCCCCCC(=O)[O-].[Na+].[Na+].[OH-]. The first kappa shape index (κ1) is 32.1. The van der Waals surface area contributed by atoms with Crippen molar-refractivity contribution in [3.63, 3.8) is 0 Å². The zero-order chi connectivity index (χ0) is 14.9. The van der Waals surface area contributed by atoms with E-state index >= 15 is 0 Å². The standard InChI is InChI=1S/C18H36O2.2Na.H2O/c1-2-3-4-5-6-7-8-9-10-11-12-13-14-15-16-17-18(19)20;;;/h2-17H2,1H3,(H,19,20);;;1H2/q;2*+1;/p-2. The van der Waals surface area contributed by atoms with Crippen LogP contribution in [0.15, 0.2) is 0 Å². The fraction of sp³-hybridized carbons (Fsp3) is 0.944. The van der Waals surface area contributed by atoms with Crippen LogP contribution in [0.3, 0.4) is 0 Å². The molecule has 3 nitrogen and oxygen atoms in total. The summed E-state index contributed by atoms with van der Waals surface area (Å²) in [5, 5.41) is 10.2. The molecule has 0 atom stereocenters. The minimum atomic E-state index is -0.903. The first-order chi connectivity index (χ1) is 9.77. The van der Waals surface area contributed by atoms with Gasteiger partial charge >= 0.3 is 59.1 Å². The first-order valence-electron chi connectivity index (χ1n) is 8.97. The molecule has 5 heteroatoms. The molecule has 0 unspecified atom stereocenters. The Morgan fingerprint density at radius 2 is 0.870 bits per heavy atom. The number of carbonyl (C=O) groups is 1. The Labute approximate surface area is 188 Å². The molecule has 0 saturated heterocycles. The van der Waals surface area contributed by atoms with Gasteiger partial charge in [-0.05, 0) is 12.8 Å². The van der Waals surface area contributed by atoms with Gasteiger partial charge in [-0.15, -0.1) is 0 Å². The van der Waals surface area contributed by atoms with Gasteiger partial charge < -0.3 is 15.4 Å². The molecule has 1 N–H and O–H groups in total. The molecule has 0 amide bonds. The average molecular weight is 346 g/mol. The van der Waals surface area contributed by atoms with Crippen LogP contribution in [0.25, 0.3) is 0 Å². The monoisotopic (exact) mass is 346 g/mol. The van der Waals surface area contributed by atoms with E-state index in [2.05, 4.69) is 6.92 Å². The summed E-state index contributed by atoms with van der Waals surface area (Å²) in [5.41, 5.74) is 0. The van der Waals surface area contributed by atoms with E-state index < -0.39 is 5.97 Å². The predicted molar refractivity (Wildman–Crippen MR) is 86.5 cm³/mol. The first-order valence-corrected chi connectivity index (χ1v) is 8.97. The van der Waals surface area contributed by atoms with Gasteiger partial charge in [-0.3, -0.25) is 0 Å². The molecule has 23 heavy (non-hydrogen) atoms. The number of rotatable bonds is 16. The summed E-state index contributed by atoms with van der Waals surface area (Å²) in [6.07, 6.45) is 19.9.